The van der Waals surface area contributed by atoms with Crippen molar-refractivity contribution < 1.29 is 0 Å². The van der Waals surface area contributed by atoms with Crippen molar-refractivity contribution in [1.29, 1.82) is 0 Å². The molecule has 0 saturated heterocycles. The van der Waals surface area contributed by atoms with E-state index in [4.69, 9.17) is 0 Å². The molecule has 1 aliphatic rings. The molecule has 0 amide bonds. The van der Waals surface area contributed by atoms with E-state index in [1.54, 1.807) is 11.0 Å². The van der Waals surface area contributed by atoms with E-state index in [1.165, 1.54) is 32.0 Å². The average molecular weight is 257 g/mol. The minimum Gasteiger partial charge on any atom is -0.381 e. The zero-order chi connectivity index (χ0) is 13.1. The first kappa shape index (κ1) is 12.1. The molecule has 2 unspecified atom stereocenters. The highest BCUT2D eigenvalue weighted by molar-refractivity contribution is 5.44. The third-order valence-electron chi connectivity index (χ3n) is 3.71. The summed E-state index contributed by atoms with van der Waals surface area (Å²) in [6.45, 7) is 2.33. The van der Waals surface area contributed by atoms with E-state index >= 15 is 0 Å². The number of hydrogen-bond acceptors (Lipinski definition) is 4. The molecule has 2 aromatic rings. The second-order valence-corrected chi connectivity index (χ2v) is 5.36. The number of nitrogens with one attached hydrogen (secondary N) is 1. The molecule has 2 aromatic heterocycles. The SMILES string of the molecule is CC1CCCC(Nc2ccc(-n3cncn3)nc2)C1. The van der Waals surface area contributed by atoms with Crippen LogP contribution in [0.3, 0.4) is 0 Å². The fourth-order valence-electron chi connectivity index (χ4n) is 2.73. The van der Waals surface area contributed by atoms with Crippen molar-refractivity contribution in [3.8, 4) is 5.82 Å². The van der Waals surface area contributed by atoms with Gasteiger partial charge in [-0.25, -0.2) is 14.6 Å². The molecule has 3 rings (SSSR count). The van der Waals surface area contributed by atoms with Crippen molar-refractivity contribution in [2.24, 2.45) is 5.92 Å². The summed E-state index contributed by atoms with van der Waals surface area (Å²) in [5.74, 6) is 1.62. The van der Waals surface area contributed by atoms with Gasteiger partial charge in [0.05, 0.1) is 11.9 Å². The summed E-state index contributed by atoms with van der Waals surface area (Å²) in [5, 5.41) is 7.64. The number of pyridine rings is 1. The van der Waals surface area contributed by atoms with Crippen LogP contribution in [0.25, 0.3) is 5.82 Å². The second kappa shape index (κ2) is 5.38. The Bertz CT molecular complexity index is 505. The average Bonchev–Trinajstić information content (AvgIpc) is 2.94. The summed E-state index contributed by atoms with van der Waals surface area (Å²) in [7, 11) is 0. The third kappa shape index (κ3) is 2.92. The summed E-state index contributed by atoms with van der Waals surface area (Å²) < 4.78 is 1.66. The quantitative estimate of drug-likeness (QED) is 0.918. The van der Waals surface area contributed by atoms with Crippen molar-refractivity contribution in [2.45, 2.75) is 38.6 Å². The Morgan fingerprint density at radius 3 is 2.95 bits per heavy atom. The van der Waals surface area contributed by atoms with E-state index in [-0.39, 0.29) is 0 Å². The molecule has 5 nitrogen and oxygen atoms in total. The molecule has 0 bridgehead atoms. The molecule has 1 saturated carbocycles. The van der Waals surface area contributed by atoms with Crippen molar-refractivity contribution in [3.63, 3.8) is 0 Å². The molecule has 0 radical (unpaired) electrons. The number of aromatic nitrogens is 4. The monoisotopic (exact) mass is 257 g/mol. The molecule has 19 heavy (non-hydrogen) atoms. The minimum atomic E-state index is 0.586. The zero-order valence-corrected chi connectivity index (χ0v) is 11.2. The lowest BCUT2D eigenvalue weighted by atomic mass is 9.87. The number of nitrogens with zero attached hydrogens (tertiary/aromatic N) is 4. The maximum absolute atomic E-state index is 4.40. The highest BCUT2D eigenvalue weighted by Crippen LogP contribution is 2.26. The Hall–Kier alpha value is -1.91. The summed E-state index contributed by atoms with van der Waals surface area (Å²) in [5.41, 5.74) is 1.09. The lowest BCUT2D eigenvalue weighted by Crippen LogP contribution is -2.26. The highest BCUT2D eigenvalue weighted by atomic mass is 15.3. The van der Waals surface area contributed by atoms with Gasteiger partial charge in [0, 0.05) is 6.04 Å². The van der Waals surface area contributed by atoms with Gasteiger partial charge in [0.2, 0.25) is 0 Å². The summed E-state index contributed by atoms with van der Waals surface area (Å²) in [6.07, 6.45) is 10.2. The standard InChI is InChI=1S/C14H19N5/c1-11-3-2-4-12(7-11)18-13-5-6-14(16-8-13)19-10-15-9-17-19/h5-6,8-12,18H,2-4,7H2,1H3. The van der Waals surface area contributed by atoms with Crippen LogP contribution in [0.4, 0.5) is 5.69 Å². The van der Waals surface area contributed by atoms with Gasteiger partial charge in [0.15, 0.2) is 5.82 Å². The third-order valence-corrected chi connectivity index (χ3v) is 3.71. The molecular formula is C14H19N5. The summed E-state index contributed by atoms with van der Waals surface area (Å²) in [4.78, 5) is 8.32. The van der Waals surface area contributed by atoms with E-state index in [0.717, 1.165) is 17.4 Å². The fraction of sp³-hybridized carbons (Fsp3) is 0.500. The van der Waals surface area contributed by atoms with Crippen LogP contribution in [-0.4, -0.2) is 25.8 Å². The van der Waals surface area contributed by atoms with E-state index in [9.17, 15) is 0 Å². The highest BCUT2D eigenvalue weighted by Gasteiger charge is 2.18. The Labute approximate surface area is 113 Å². The smallest absolute Gasteiger partial charge is 0.155 e. The summed E-state index contributed by atoms with van der Waals surface area (Å²) >= 11 is 0. The first-order chi connectivity index (χ1) is 9.31. The minimum absolute atomic E-state index is 0.586. The Balaban J connectivity index is 1.66. The van der Waals surface area contributed by atoms with Crippen molar-refractivity contribution >= 4 is 5.69 Å². The van der Waals surface area contributed by atoms with E-state index in [0.29, 0.717) is 6.04 Å². The fourth-order valence-corrected chi connectivity index (χ4v) is 2.73. The van der Waals surface area contributed by atoms with E-state index in [2.05, 4.69) is 33.4 Å². The lowest BCUT2D eigenvalue weighted by molar-refractivity contribution is 0.358. The Morgan fingerprint density at radius 1 is 1.32 bits per heavy atom. The lowest BCUT2D eigenvalue weighted by Gasteiger charge is -2.28. The van der Waals surface area contributed by atoms with Crippen molar-refractivity contribution in [3.05, 3.63) is 31.0 Å². The summed E-state index contributed by atoms with van der Waals surface area (Å²) in [6, 6.07) is 4.61. The van der Waals surface area contributed by atoms with Crippen LogP contribution in [0, 0.1) is 5.92 Å². The number of hydrogen-bond donors (Lipinski definition) is 1. The molecule has 1 N–H and O–H groups in total. The van der Waals surface area contributed by atoms with Gasteiger partial charge < -0.3 is 5.32 Å². The molecular weight excluding hydrogens is 238 g/mol. The van der Waals surface area contributed by atoms with Gasteiger partial charge in [-0.2, -0.15) is 5.10 Å². The normalized spacial score (nSPS) is 23.2. The first-order valence-corrected chi connectivity index (χ1v) is 6.89. The van der Waals surface area contributed by atoms with Crippen LogP contribution < -0.4 is 5.32 Å². The molecule has 0 aliphatic heterocycles. The van der Waals surface area contributed by atoms with Gasteiger partial charge in [-0.15, -0.1) is 0 Å². The molecule has 2 heterocycles. The van der Waals surface area contributed by atoms with Crippen LogP contribution in [-0.2, 0) is 0 Å². The molecule has 0 aromatic carbocycles. The van der Waals surface area contributed by atoms with Gasteiger partial charge >= 0.3 is 0 Å². The van der Waals surface area contributed by atoms with Gasteiger partial charge in [-0.3, -0.25) is 0 Å². The maximum Gasteiger partial charge on any atom is 0.155 e. The van der Waals surface area contributed by atoms with Crippen molar-refractivity contribution in [2.75, 3.05) is 5.32 Å². The molecule has 5 heteroatoms. The molecule has 1 fully saturated rings. The molecule has 0 spiro atoms. The number of anilines is 1. The Morgan fingerprint density at radius 2 is 2.26 bits per heavy atom. The van der Waals surface area contributed by atoms with E-state index < -0.39 is 0 Å². The first-order valence-electron chi connectivity index (χ1n) is 6.89. The Kier molecular flexibility index (Phi) is 3.44. The zero-order valence-electron chi connectivity index (χ0n) is 11.2. The van der Waals surface area contributed by atoms with Crippen LogP contribution in [0.15, 0.2) is 31.0 Å². The predicted molar refractivity (Wildman–Crippen MR) is 74.2 cm³/mol. The topological polar surface area (TPSA) is 55.6 Å². The van der Waals surface area contributed by atoms with Gasteiger partial charge in [0.1, 0.15) is 12.7 Å². The van der Waals surface area contributed by atoms with Crippen LogP contribution in [0.2, 0.25) is 0 Å². The predicted octanol–water partition coefficient (Wildman–Crippen LogP) is 2.65. The van der Waals surface area contributed by atoms with Crippen LogP contribution in [0.5, 0.6) is 0 Å². The maximum atomic E-state index is 4.40. The molecule has 2 atom stereocenters. The van der Waals surface area contributed by atoms with Gasteiger partial charge in [0.25, 0.3) is 0 Å². The van der Waals surface area contributed by atoms with Crippen LogP contribution in [0.1, 0.15) is 32.6 Å². The number of rotatable bonds is 3. The second-order valence-electron chi connectivity index (χ2n) is 5.36. The van der Waals surface area contributed by atoms with Gasteiger partial charge in [-0.1, -0.05) is 19.8 Å². The van der Waals surface area contributed by atoms with Gasteiger partial charge in [-0.05, 0) is 30.9 Å². The molecule has 1 aliphatic carbocycles. The van der Waals surface area contributed by atoms with Crippen LogP contribution >= 0.6 is 0 Å². The van der Waals surface area contributed by atoms with E-state index in [1.807, 2.05) is 12.3 Å². The largest absolute Gasteiger partial charge is 0.381 e. The van der Waals surface area contributed by atoms with Crippen molar-refractivity contribution in [1.82, 2.24) is 19.7 Å². The molecule has 100 valence electrons.